The predicted molar refractivity (Wildman–Crippen MR) is 136 cm³/mol. The van der Waals surface area contributed by atoms with Crippen LogP contribution >= 0.6 is 11.6 Å². The molecule has 1 saturated carbocycles. The largest absolute Gasteiger partial charge is 0.497 e. The first-order chi connectivity index (χ1) is 16.6. The number of fused-ring (bicyclic) bond motifs is 1. The smallest absolute Gasteiger partial charge is 0.218 e. The molecule has 1 fully saturated rings. The molecule has 184 valence electrons. The molecule has 1 aromatic heterocycles. The molecule has 5 rings (SSSR count). The number of ether oxygens (including phenoxy) is 1. The van der Waals surface area contributed by atoms with Gasteiger partial charge in [0, 0.05) is 46.3 Å². The van der Waals surface area contributed by atoms with Crippen molar-refractivity contribution in [1.29, 1.82) is 0 Å². The first kappa shape index (κ1) is 23.7. The number of aliphatic hydroxyl groups is 2. The minimum atomic E-state index is -0.868. The van der Waals surface area contributed by atoms with Crippen molar-refractivity contribution in [3.05, 3.63) is 76.1 Å². The van der Waals surface area contributed by atoms with Crippen LogP contribution in [0.25, 0.3) is 5.69 Å². The zero-order chi connectivity index (χ0) is 25.2. The Morgan fingerprint density at radius 1 is 1.09 bits per heavy atom. The van der Waals surface area contributed by atoms with E-state index >= 15 is 0 Å². The fraction of sp³-hybridized carbons (Fsp3) is 0.370. The molecule has 8 heteroatoms. The average molecular weight is 496 g/mol. The maximum absolute atomic E-state index is 11.2. The quantitative estimate of drug-likeness (QED) is 0.500. The fourth-order valence-electron chi connectivity index (χ4n) is 5.59. The summed E-state index contributed by atoms with van der Waals surface area (Å²) in [4.78, 5) is 2.09. The molecular weight excluding hydrogens is 466 g/mol. The molecule has 1 aliphatic heterocycles. The zero-order valence-electron chi connectivity index (χ0n) is 20.4. The molecular formula is C27H30ClN3O4. The summed E-state index contributed by atoms with van der Waals surface area (Å²) in [5.74, 6) is -0.510. The Kier molecular flexibility index (Phi) is 5.62. The van der Waals surface area contributed by atoms with E-state index in [1.807, 2.05) is 31.3 Å². The van der Waals surface area contributed by atoms with Gasteiger partial charge >= 0.3 is 0 Å². The topological polar surface area (TPSA) is 91.0 Å². The molecule has 3 N–H and O–H groups in total. The SMILES string of the molecule is COc1ccc(-n2nc(C)c(C3C(O)C(C=C4N(C)c5ccc(Cl)cc5C4(C)C)C3O)c2O)cc1. The van der Waals surface area contributed by atoms with Crippen molar-refractivity contribution in [2.45, 2.75) is 44.3 Å². The van der Waals surface area contributed by atoms with Crippen LogP contribution in [0.15, 0.2) is 54.2 Å². The number of hydrogen-bond acceptors (Lipinski definition) is 6. The van der Waals surface area contributed by atoms with Crippen LogP contribution in [-0.2, 0) is 5.41 Å². The molecule has 2 heterocycles. The summed E-state index contributed by atoms with van der Waals surface area (Å²) >= 11 is 6.26. The van der Waals surface area contributed by atoms with Crippen LogP contribution in [0.2, 0.25) is 5.02 Å². The van der Waals surface area contributed by atoms with Gasteiger partial charge in [-0.25, -0.2) is 4.68 Å². The van der Waals surface area contributed by atoms with Gasteiger partial charge in [-0.15, -0.1) is 0 Å². The molecule has 0 radical (unpaired) electrons. The highest BCUT2D eigenvalue weighted by atomic mass is 35.5. The van der Waals surface area contributed by atoms with E-state index in [1.165, 1.54) is 4.68 Å². The minimum absolute atomic E-state index is 0.0813. The molecule has 2 aliphatic rings. The lowest BCUT2D eigenvalue weighted by molar-refractivity contribution is -0.0955. The number of methoxy groups -OCH3 is 1. The van der Waals surface area contributed by atoms with Gasteiger partial charge < -0.3 is 25.0 Å². The van der Waals surface area contributed by atoms with E-state index in [1.54, 1.807) is 38.3 Å². The number of benzene rings is 2. The van der Waals surface area contributed by atoms with E-state index in [2.05, 4.69) is 23.8 Å². The zero-order valence-corrected chi connectivity index (χ0v) is 21.2. The molecule has 0 amide bonds. The van der Waals surface area contributed by atoms with Gasteiger partial charge in [-0.3, -0.25) is 0 Å². The number of rotatable bonds is 4. The van der Waals surface area contributed by atoms with Crippen LogP contribution < -0.4 is 9.64 Å². The molecule has 0 saturated heterocycles. The summed E-state index contributed by atoms with van der Waals surface area (Å²) in [6, 6.07) is 13.0. The summed E-state index contributed by atoms with van der Waals surface area (Å²) in [7, 11) is 3.57. The lowest BCUT2D eigenvalue weighted by Crippen LogP contribution is -2.53. The van der Waals surface area contributed by atoms with E-state index < -0.39 is 24.0 Å². The highest BCUT2D eigenvalue weighted by Crippen LogP contribution is 2.52. The molecule has 0 bridgehead atoms. The molecule has 2 atom stereocenters. The van der Waals surface area contributed by atoms with E-state index in [0.717, 1.165) is 16.9 Å². The van der Waals surface area contributed by atoms with Crippen LogP contribution in [0, 0.1) is 12.8 Å². The highest BCUT2D eigenvalue weighted by molar-refractivity contribution is 6.30. The summed E-state index contributed by atoms with van der Waals surface area (Å²) in [6.07, 6.45) is 0.222. The Hall–Kier alpha value is -3.00. The fourth-order valence-corrected chi connectivity index (χ4v) is 5.76. The first-order valence-electron chi connectivity index (χ1n) is 11.6. The Morgan fingerprint density at radius 3 is 2.37 bits per heavy atom. The number of aliphatic hydroxyl groups excluding tert-OH is 2. The second-order valence-electron chi connectivity index (χ2n) is 9.91. The maximum Gasteiger partial charge on any atom is 0.218 e. The third-order valence-corrected chi connectivity index (χ3v) is 7.84. The summed E-state index contributed by atoms with van der Waals surface area (Å²) in [6.45, 7) is 6.00. The molecule has 2 unspecified atom stereocenters. The van der Waals surface area contributed by atoms with Crippen molar-refractivity contribution in [2.75, 3.05) is 19.1 Å². The van der Waals surface area contributed by atoms with Crippen molar-refractivity contribution in [1.82, 2.24) is 9.78 Å². The first-order valence-corrected chi connectivity index (χ1v) is 12.0. The molecule has 0 spiro atoms. The number of nitrogens with zero attached hydrogens (tertiary/aromatic N) is 3. The van der Waals surface area contributed by atoms with E-state index in [9.17, 15) is 15.3 Å². The van der Waals surface area contributed by atoms with Gasteiger partial charge in [-0.2, -0.15) is 5.10 Å². The van der Waals surface area contributed by atoms with Crippen LogP contribution in [0.5, 0.6) is 11.6 Å². The number of aryl methyl sites for hydroxylation is 1. The third kappa shape index (κ3) is 3.53. The van der Waals surface area contributed by atoms with Gasteiger partial charge in [0.15, 0.2) is 0 Å². The number of anilines is 1. The van der Waals surface area contributed by atoms with Crippen molar-refractivity contribution < 1.29 is 20.1 Å². The third-order valence-electron chi connectivity index (χ3n) is 7.60. The minimum Gasteiger partial charge on any atom is -0.497 e. The monoisotopic (exact) mass is 495 g/mol. The summed E-state index contributed by atoms with van der Waals surface area (Å²) in [5.41, 5.74) is 4.50. The Balaban J connectivity index is 1.44. The predicted octanol–water partition coefficient (Wildman–Crippen LogP) is 4.30. The molecule has 1 aliphatic carbocycles. The van der Waals surface area contributed by atoms with E-state index in [0.29, 0.717) is 27.7 Å². The standard InChI is InChI=1S/C27H30ClN3O4/c1-14-22(26(34)31(29-14)16-7-9-17(35-5)10-8-16)23-24(32)18(25(23)33)13-21-27(2,3)19-12-15(28)6-11-20(19)30(21)4/h6-13,18,23-25,32-34H,1-5H3. The Labute approximate surface area is 209 Å². The molecule has 2 aromatic carbocycles. The summed E-state index contributed by atoms with van der Waals surface area (Å²) in [5, 5.41) is 38.5. The van der Waals surface area contributed by atoms with Crippen LogP contribution in [0.3, 0.4) is 0 Å². The van der Waals surface area contributed by atoms with Crippen LogP contribution in [-0.4, -0.2) is 51.5 Å². The average Bonchev–Trinajstić information content (AvgIpc) is 3.22. The van der Waals surface area contributed by atoms with Gasteiger partial charge in [0.05, 0.1) is 30.7 Å². The number of aromatic hydroxyl groups is 1. The van der Waals surface area contributed by atoms with Gasteiger partial charge in [0.2, 0.25) is 5.88 Å². The Bertz CT molecular complexity index is 1300. The number of likely N-dealkylation sites (N-methyl/N-ethyl adjacent to an activating group) is 1. The lowest BCUT2D eigenvalue weighted by atomic mass is 9.64. The van der Waals surface area contributed by atoms with Gasteiger partial charge in [-0.1, -0.05) is 31.5 Å². The van der Waals surface area contributed by atoms with Gasteiger partial charge in [0.25, 0.3) is 0 Å². The number of allylic oxidation sites excluding steroid dienone is 1. The number of hydrogen-bond donors (Lipinski definition) is 3. The summed E-state index contributed by atoms with van der Waals surface area (Å²) < 4.78 is 6.62. The van der Waals surface area contributed by atoms with E-state index in [4.69, 9.17) is 16.3 Å². The number of halogens is 1. The van der Waals surface area contributed by atoms with Crippen LogP contribution in [0.4, 0.5) is 5.69 Å². The van der Waals surface area contributed by atoms with Gasteiger partial charge in [-0.05, 0) is 55.0 Å². The molecule has 7 nitrogen and oxygen atoms in total. The van der Waals surface area contributed by atoms with Crippen molar-refractivity contribution in [3.8, 4) is 17.3 Å². The maximum atomic E-state index is 11.2. The lowest BCUT2D eigenvalue weighted by Gasteiger charge is -2.46. The van der Waals surface area contributed by atoms with Crippen molar-refractivity contribution >= 4 is 17.3 Å². The van der Waals surface area contributed by atoms with Crippen molar-refractivity contribution in [3.63, 3.8) is 0 Å². The second-order valence-corrected chi connectivity index (χ2v) is 10.4. The molecule has 3 aromatic rings. The highest BCUT2D eigenvalue weighted by Gasteiger charge is 2.52. The van der Waals surface area contributed by atoms with E-state index in [-0.39, 0.29) is 11.3 Å². The number of aromatic nitrogens is 2. The van der Waals surface area contributed by atoms with Crippen LogP contribution in [0.1, 0.15) is 36.6 Å². The molecule has 35 heavy (non-hydrogen) atoms. The van der Waals surface area contributed by atoms with Crippen molar-refractivity contribution in [2.24, 2.45) is 5.92 Å². The normalized spacial score (nSPS) is 26.1. The van der Waals surface area contributed by atoms with Gasteiger partial charge in [0.1, 0.15) is 5.75 Å². The Morgan fingerprint density at radius 2 is 1.74 bits per heavy atom. The second kappa shape index (κ2) is 8.29.